The molecule has 0 spiro atoms. The van der Waals surface area contributed by atoms with Crippen molar-refractivity contribution in [1.29, 1.82) is 0 Å². The molecule has 0 aliphatic rings. The second-order valence-corrected chi connectivity index (χ2v) is 4.30. The molecule has 0 fully saturated rings. The van der Waals surface area contributed by atoms with Crippen LogP contribution in [-0.4, -0.2) is 31.6 Å². The van der Waals surface area contributed by atoms with Gasteiger partial charge in [0.05, 0.1) is 13.4 Å². The molecule has 19 heavy (non-hydrogen) atoms. The number of aromatic nitrogens is 5. The van der Waals surface area contributed by atoms with Crippen LogP contribution >= 0.6 is 11.6 Å². The van der Waals surface area contributed by atoms with E-state index in [0.29, 0.717) is 22.7 Å². The normalized spacial score (nSPS) is 10.9. The predicted molar refractivity (Wildman–Crippen MR) is 71.1 cm³/mol. The number of hydrogen-bond donors (Lipinski definition) is 0. The van der Waals surface area contributed by atoms with E-state index in [1.807, 2.05) is 13.1 Å². The van der Waals surface area contributed by atoms with Crippen LogP contribution in [0.2, 0.25) is 5.28 Å². The number of hydrogen-bond acceptors (Lipinski definition) is 5. The predicted octanol–water partition coefficient (Wildman–Crippen LogP) is 2.09. The van der Waals surface area contributed by atoms with E-state index in [2.05, 4.69) is 19.9 Å². The minimum absolute atomic E-state index is 0.182. The lowest BCUT2D eigenvalue weighted by Crippen LogP contribution is -1.95. The molecule has 0 aromatic carbocycles. The number of halogens is 1. The Morgan fingerprint density at radius 2 is 2.05 bits per heavy atom. The van der Waals surface area contributed by atoms with Gasteiger partial charge in [-0.1, -0.05) is 0 Å². The highest BCUT2D eigenvalue weighted by Gasteiger charge is 2.13. The molecule has 0 atom stereocenters. The SMILES string of the molecule is COc1ccc(-c2nc(Cl)nc3c2ncn3C)cn1. The summed E-state index contributed by atoms with van der Waals surface area (Å²) in [6.07, 6.45) is 3.35. The second-order valence-electron chi connectivity index (χ2n) is 3.96. The maximum atomic E-state index is 5.95. The van der Waals surface area contributed by atoms with Crippen molar-refractivity contribution < 1.29 is 4.74 Å². The molecule has 7 heteroatoms. The van der Waals surface area contributed by atoms with Crippen LogP contribution in [0.3, 0.4) is 0 Å². The van der Waals surface area contributed by atoms with Gasteiger partial charge in [-0.3, -0.25) is 0 Å². The third-order valence-corrected chi connectivity index (χ3v) is 2.92. The average Bonchev–Trinajstić information content (AvgIpc) is 2.80. The summed E-state index contributed by atoms with van der Waals surface area (Å²) in [5, 5.41) is 0.182. The highest BCUT2D eigenvalue weighted by Crippen LogP contribution is 2.26. The van der Waals surface area contributed by atoms with E-state index in [4.69, 9.17) is 16.3 Å². The molecule has 0 aliphatic heterocycles. The van der Waals surface area contributed by atoms with Crippen molar-refractivity contribution in [2.75, 3.05) is 7.11 Å². The molecular formula is C12H10ClN5O. The number of aryl methyl sites for hydroxylation is 1. The zero-order valence-corrected chi connectivity index (χ0v) is 11.1. The molecular weight excluding hydrogens is 266 g/mol. The highest BCUT2D eigenvalue weighted by molar-refractivity contribution is 6.28. The fourth-order valence-electron chi connectivity index (χ4n) is 1.82. The van der Waals surface area contributed by atoms with Crippen molar-refractivity contribution in [2.24, 2.45) is 7.05 Å². The Kier molecular flexibility index (Phi) is 2.79. The minimum Gasteiger partial charge on any atom is -0.481 e. The number of imidazole rings is 1. The van der Waals surface area contributed by atoms with Crippen LogP contribution in [0, 0.1) is 0 Å². The summed E-state index contributed by atoms with van der Waals surface area (Å²) in [6, 6.07) is 3.62. The molecule has 0 radical (unpaired) electrons. The Morgan fingerprint density at radius 1 is 1.21 bits per heavy atom. The molecule has 6 nitrogen and oxygen atoms in total. The van der Waals surface area contributed by atoms with E-state index >= 15 is 0 Å². The maximum Gasteiger partial charge on any atom is 0.225 e. The van der Waals surface area contributed by atoms with Crippen LogP contribution in [0.5, 0.6) is 5.88 Å². The lowest BCUT2D eigenvalue weighted by Gasteiger charge is -2.04. The molecule has 0 saturated carbocycles. The number of ether oxygens (including phenoxy) is 1. The second kappa shape index (κ2) is 4.47. The molecule has 96 valence electrons. The van der Waals surface area contributed by atoms with E-state index in [1.165, 1.54) is 0 Å². The summed E-state index contributed by atoms with van der Waals surface area (Å²) in [5.41, 5.74) is 2.85. The lowest BCUT2D eigenvalue weighted by molar-refractivity contribution is 0.398. The summed E-state index contributed by atoms with van der Waals surface area (Å²) in [5.74, 6) is 0.543. The van der Waals surface area contributed by atoms with Gasteiger partial charge < -0.3 is 9.30 Å². The van der Waals surface area contributed by atoms with Gasteiger partial charge >= 0.3 is 0 Å². The molecule has 0 aliphatic carbocycles. The summed E-state index contributed by atoms with van der Waals surface area (Å²) in [7, 11) is 3.43. The van der Waals surface area contributed by atoms with Crippen molar-refractivity contribution in [1.82, 2.24) is 24.5 Å². The topological polar surface area (TPSA) is 65.7 Å². The minimum atomic E-state index is 0.182. The summed E-state index contributed by atoms with van der Waals surface area (Å²) in [4.78, 5) is 16.9. The average molecular weight is 276 g/mol. The zero-order chi connectivity index (χ0) is 13.4. The highest BCUT2D eigenvalue weighted by atomic mass is 35.5. The first-order chi connectivity index (χ1) is 9.19. The first kappa shape index (κ1) is 11.9. The van der Waals surface area contributed by atoms with Crippen LogP contribution in [0.25, 0.3) is 22.4 Å². The smallest absolute Gasteiger partial charge is 0.225 e. The molecule has 0 saturated heterocycles. The molecule has 0 N–H and O–H groups in total. The first-order valence-corrected chi connectivity index (χ1v) is 5.92. The number of fused-ring (bicyclic) bond motifs is 1. The number of nitrogens with zero attached hydrogens (tertiary/aromatic N) is 5. The van der Waals surface area contributed by atoms with E-state index in [0.717, 1.165) is 5.56 Å². The molecule has 3 heterocycles. The van der Waals surface area contributed by atoms with Crippen molar-refractivity contribution in [3.05, 3.63) is 29.9 Å². The van der Waals surface area contributed by atoms with Gasteiger partial charge in [-0.05, 0) is 17.7 Å². The van der Waals surface area contributed by atoms with Crippen LogP contribution in [0.15, 0.2) is 24.7 Å². The Labute approximate surface area is 114 Å². The quantitative estimate of drug-likeness (QED) is 0.670. The van der Waals surface area contributed by atoms with Crippen LogP contribution in [-0.2, 0) is 7.05 Å². The lowest BCUT2D eigenvalue weighted by atomic mass is 10.2. The van der Waals surface area contributed by atoms with Gasteiger partial charge in [0.1, 0.15) is 11.2 Å². The summed E-state index contributed by atoms with van der Waals surface area (Å²) < 4.78 is 6.83. The third kappa shape index (κ3) is 2.00. The van der Waals surface area contributed by atoms with Gasteiger partial charge in [-0.2, -0.15) is 4.98 Å². The van der Waals surface area contributed by atoms with Gasteiger partial charge in [0.2, 0.25) is 11.2 Å². The number of pyridine rings is 1. The van der Waals surface area contributed by atoms with Crippen molar-refractivity contribution in [3.8, 4) is 17.1 Å². The largest absolute Gasteiger partial charge is 0.481 e. The van der Waals surface area contributed by atoms with Gasteiger partial charge in [0.15, 0.2) is 5.65 Å². The zero-order valence-electron chi connectivity index (χ0n) is 10.3. The summed E-state index contributed by atoms with van der Waals surface area (Å²) in [6.45, 7) is 0. The van der Waals surface area contributed by atoms with Gasteiger partial charge in [0, 0.05) is 24.9 Å². The fraction of sp³-hybridized carbons (Fsp3) is 0.167. The van der Waals surface area contributed by atoms with Gasteiger partial charge in [-0.25, -0.2) is 15.0 Å². The Bertz CT molecular complexity index is 738. The first-order valence-electron chi connectivity index (χ1n) is 5.54. The number of rotatable bonds is 2. The van der Waals surface area contributed by atoms with E-state index < -0.39 is 0 Å². The van der Waals surface area contributed by atoms with Crippen molar-refractivity contribution >= 4 is 22.8 Å². The van der Waals surface area contributed by atoms with Gasteiger partial charge in [0.25, 0.3) is 0 Å². The van der Waals surface area contributed by atoms with Crippen LogP contribution in [0.4, 0.5) is 0 Å². The van der Waals surface area contributed by atoms with Crippen molar-refractivity contribution in [3.63, 3.8) is 0 Å². The Morgan fingerprint density at radius 3 is 2.74 bits per heavy atom. The monoisotopic (exact) mass is 275 g/mol. The van der Waals surface area contributed by atoms with Crippen LogP contribution < -0.4 is 4.74 Å². The van der Waals surface area contributed by atoms with Gasteiger partial charge in [-0.15, -0.1) is 0 Å². The molecule has 0 unspecified atom stereocenters. The van der Waals surface area contributed by atoms with E-state index in [1.54, 1.807) is 30.3 Å². The molecule has 3 aromatic heterocycles. The van der Waals surface area contributed by atoms with Crippen molar-refractivity contribution in [2.45, 2.75) is 0 Å². The number of methoxy groups -OCH3 is 1. The molecule has 0 amide bonds. The third-order valence-electron chi connectivity index (χ3n) is 2.75. The van der Waals surface area contributed by atoms with E-state index in [-0.39, 0.29) is 5.28 Å². The fourth-order valence-corrected chi connectivity index (χ4v) is 1.99. The maximum absolute atomic E-state index is 5.95. The summed E-state index contributed by atoms with van der Waals surface area (Å²) >= 11 is 5.95. The standard InChI is InChI=1S/C12H10ClN5O/c1-18-6-15-10-9(16-12(13)17-11(10)18)7-3-4-8(19-2)14-5-7/h3-6H,1-2H3. The molecule has 0 bridgehead atoms. The van der Waals surface area contributed by atoms with E-state index in [9.17, 15) is 0 Å². The van der Waals surface area contributed by atoms with Crippen LogP contribution in [0.1, 0.15) is 0 Å². The molecule has 3 aromatic rings. The Balaban J connectivity index is 2.23. The molecule has 3 rings (SSSR count). The Hall–Kier alpha value is -2.21.